The molecule has 4 atom stereocenters. The number of hydrogen-bond acceptors (Lipinski definition) is 4. The van der Waals surface area contributed by atoms with Crippen LogP contribution in [-0.4, -0.2) is 72.7 Å². The van der Waals surface area contributed by atoms with Gasteiger partial charge >= 0.3 is 0 Å². The van der Waals surface area contributed by atoms with Crippen molar-refractivity contribution in [2.24, 2.45) is 0 Å². The lowest BCUT2D eigenvalue weighted by atomic mass is 9.96. The van der Waals surface area contributed by atoms with Gasteiger partial charge in [-0.1, -0.05) is 12.8 Å². The summed E-state index contributed by atoms with van der Waals surface area (Å²) >= 11 is 0. The van der Waals surface area contributed by atoms with Crippen molar-refractivity contribution < 1.29 is 0 Å². The Morgan fingerprint density at radius 1 is 0.667 bits per heavy atom. The molecule has 4 heteroatoms. The van der Waals surface area contributed by atoms with E-state index >= 15 is 0 Å². The Hall–Kier alpha value is -0.160. The number of fused-ring (bicyclic) bond motifs is 2. The molecule has 2 bridgehead atoms. The SMILES string of the molecule is C1CCN(C2CC3CCC(C2)N3)CC1.CC1NCCCC1N1CCCCC1. The second kappa shape index (κ2) is 10.0. The van der Waals surface area contributed by atoms with E-state index in [4.69, 9.17) is 0 Å². The van der Waals surface area contributed by atoms with E-state index in [2.05, 4.69) is 27.4 Å². The lowest BCUT2D eigenvalue weighted by Gasteiger charge is -2.41. The normalized spacial score (nSPS) is 41.0. The molecule has 0 aliphatic carbocycles. The van der Waals surface area contributed by atoms with E-state index in [-0.39, 0.29) is 0 Å². The highest BCUT2D eigenvalue weighted by atomic mass is 15.2. The smallest absolute Gasteiger partial charge is 0.0247 e. The molecular weight excluding hydrogens is 332 g/mol. The Bertz CT molecular complexity index is 418. The zero-order valence-electron chi connectivity index (χ0n) is 17.8. The molecular formula is C23H44N4. The van der Waals surface area contributed by atoms with Gasteiger partial charge < -0.3 is 15.5 Å². The second-order valence-corrected chi connectivity index (χ2v) is 9.91. The highest BCUT2D eigenvalue weighted by molar-refractivity contribution is 4.96. The van der Waals surface area contributed by atoms with Gasteiger partial charge in [-0.15, -0.1) is 0 Å². The summed E-state index contributed by atoms with van der Waals surface area (Å²) in [4.78, 5) is 5.48. The van der Waals surface area contributed by atoms with Crippen molar-refractivity contribution in [3.63, 3.8) is 0 Å². The zero-order chi connectivity index (χ0) is 18.5. The number of piperidine rings is 4. The third-order valence-electron chi connectivity index (χ3n) is 7.94. The summed E-state index contributed by atoms with van der Waals surface area (Å²) in [5.41, 5.74) is 0. The molecule has 0 saturated carbocycles. The minimum atomic E-state index is 0.715. The van der Waals surface area contributed by atoms with Crippen molar-refractivity contribution in [1.29, 1.82) is 0 Å². The largest absolute Gasteiger partial charge is 0.313 e. The number of nitrogens with one attached hydrogen (secondary N) is 2. The van der Waals surface area contributed by atoms with Crippen LogP contribution in [0.15, 0.2) is 0 Å². The van der Waals surface area contributed by atoms with E-state index < -0.39 is 0 Å². The zero-order valence-corrected chi connectivity index (χ0v) is 17.8. The molecule has 4 nitrogen and oxygen atoms in total. The topological polar surface area (TPSA) is 30.5 Å². The van der Waals surface area contributed by atoms with Gasteiger partial charge in [0.25, 0.3) is 0 Å². The summed E-state index contributed by atoms with van der Waals surface area (Å²) in [5, 5.41) is 7.32. The van der Waals surface area contributed by atoms with Gasteiger partial charge in [0.1, 0.15) is 0 Å². The highest BCUT2D eigenvalue weighted by Crippen LogP contribution is 2.30. The van der Waals surface area contributed by atoms with Crippen LogP contribution in [0.1, 0.15) is 84.0 Å². The van der Waals surface area contributed by atoms with E-state index in [1.807, 2.05) is 0 Å². The van der Waals surface area contributed by atoms with Crippen molar-refractivity contribution in [3.8, 4) is 0 Å². The maximum absolute atomic E-state index is 3.73. The van der Waals surface area contributed by atoms with Crippen LogP contribution >= 0.6 is 0 Å². The van der Waals surface area contributed by atoms with Crippen LogP contribution in [0.4, 0.5) is 0 Å². The molecule has 156 valence electrons. The lowest BCUT2D eigenvalue weighted by Crippen LogP contribution is -2.53. The first-order chi connectivity index (χ1) is 13.3. The molecule has 2 N–H and O–H groups in total. The molecule has 0 spiro atoms. The van der Waals surface area contributed by atoms with Crippen LogP contribution < -0.4 is 10.6 Å². The quantitative estimate of drug-likeness (QED) is 0.774. The average molecular weight is 377 g/mol. The molecule has 0 aromatic carbocycles. The Morgan fingerprint density at radius 3 is 1.85 bits per heavy atom. The fourth-order valence-electron chi connectivity index (χ4n) is 6.38. The van der Waals surface area contributed by atoms with Gasteiger partial charge in [0.2, 0.25) is 0 Å². The second-order valence-electron chi connectivity index (χ2n) is 9.91. The minimum absolute atomic E-state index is 0.715. The van der Waals surface area contributed by atoms with Gasteiger partial charge in [0, 0.05) is 30.2 Å². The standard InChI is InChI=1S/C12H22N2.C11H22N2/c1-2-6-14(7-3-1)12-8-10-4-5-11(9-12)13-10;1-10-11(6-5-7-12-10)13-8-3-2-4-9-13/h10-13H,1-9H2;10-12H,2-9H2,1H3. The first-order valence-electron chi connectivity index (χ1n) is 12.3. The van der Waals surface area contributed by atoms with Crippen molar-refractivity contribution >= 4 is 0 Å². The third kappa shape index (κ3) is 5.46. The summed E-state index contributed by atoms with van der Waals surface area (Å²) in [7, 11) is 0. The number of likely N-dealkylation sites (tertiary alicyclic amines) is 2. The van der Waals surface area contributed by atoms with Crippen LogP contribution in [0.3, 0.4) is 0 Å². The van der Waals surface area contributed by atoms with E-state index in [1.54, 1.807) is 0 Å². The maximum Gasteiger partial charge on any atom is 0.0247 e. The molecule has 5 aliphatic heterocycles. The molecule has 27 heavy (non-hydrogen) atoms. The van der Waals surface area contributed by atoms with Crippen molar-refractivity contribution in [2.45, 2.75) is 114 Å². The fourth-order valence-corrected chi connectivity index (χ4v) is 6.38. The predicted molar refractivity (Wildman–Crippen MR) is 114 cm³/mol. The third-order valence-corrected chi connectivity index (χ3v) is 7.94. The monoisotopic (exact) mass is 376 g/mol. The summed E-state index contributed by atoms with van der Waals surface area (Å²) in [5.74, 6) is 0. The fraction of sp³-hybridized carbons (Fsp3) is 1.00. The van der Waals surface area contributed by atoms with Gasteiger partial charge in [0.05, 0.1) is 0 Å². The van der Waals surface area contributed by atoms with Crippen molar-refractivity contribution in [1.82, 2.24) is 20.4 Å². The predicted octanol–water partition coefficient (Wildman–Crippen LogP) is 3.37. The number of rotatable bonds is 2. The Balaban J connectivity index is 0.000000134. The maximum atomic E-state index is 3.73. The molecule has 0 amide bonds. The first kappa shape index (κ1) is 20.1. The van der Waals surface area contributed by atoms with Crippen LogP contribution in [0.25, 0.3) is 0 Å². The van der Waals surface area contributed by atoms with Gasteiger partial charge in [0.15, 0.2) is 0 Å². The molecule has 0 aromatic heterocycles. The van der Waals surface area contributed by atoms with Crippen LogP contribution in [0.5, 0.6) is 0 Å². The van der Waals surface area contributed by atoms with Gasteiger partial charge in [-0.25, -0.2) is 0 Å². The molecule has 4 unspecified atom stereocenters. The Kier molecular flexibility index (Phi) is 7.49. The van der Waals surface area contributed by atoms with E-state index in [1.165, 1.54) is 110 Å². The first-order valence-corrected chi connectivity index (χ1v) is 12.3. The molecule has 5 heterocycles. The number of nitrogens with zero attached hydrogens (tertiary/aromatic N) is 2. The van der Waals surface area contributed by atoms with Crippen LogP contribution in [0, 0.1) is 0 Å². The van der Waals surface area contributed by atoms with Gasteiger partial charge in [-0.2, -0.15) is 0 Å². The summed E-state index contributed by atoms with van der Waals surface area (Å²) < 4.78 is 0. The minimum Gasteiger partial charge on any atom is -0.313 e. The van der Waals surface area contributed by atoms with E-state index in [0.29, 0.717) is 6.04 Å². The summed E-state index contributed by atoms with van der Waals surface area (Å²) in [6.07, 6.45) is 17.2. The van der Waals surface area contributed by atoms with Crippen LogP contribution in [0.2, 0.25) is 0 Å². The van der Waals surface area contributed by atoms with E-state index in [0.717, 1.165) is 24.2 Å². The average Bonchev–Trinajstić information content (AvgIpc) is 3.08. The molecule has 0 aromatic rings. The Labute approximate surface area is 167 Å². The summed E-state index contributed by atoms with van der Waals surface area (Å²) in [6.45, 7) is 9.02. The Morgan fingerprint density at radius 2 is 1.26 bits per heavy atom. The lowest BCUT2D eigenvalue weighted by molar-refractivity contribution is 0.111. The molecule has 5 fully saturated rings. The molecule has 5 aliphatic rings. The van der Waals surface area contributed by atoms with Crippen molar-refractivity contribution in [2.75, 3.05) is 32.7 Å². The molecule has 5 rings (SSSR count). The summed E-state index contributed by atoms with van der Waals surface area (Å²) in [6, 6.07) is 4.19. The van der Waals surface area contributed by atoms with E-state index in [9.17, 15) is 0 Å². The van der Waals surface area contributed by atoms with Gasteiger partial charge in [-0.3, -0.25) is 4.90 Å². The molecule has 5 saturated heterocycles. The number of hydrogen-bond donors (Lipinski definition) is 2. The van der Waals surface area contributed by atoms with Crippen molar-refractivity contribution in [3.05, 3.63) is 0 Å². The van der Waals surface area contributed by atoms with Gasteiger partial charge in [-0.05, 0) is 104 Å². The molecule has 0 radical (unpaired) electrons. The highest BCUT2D eigenvalue weighted by Gasteiger charge is 2.36. The van der Waals surface area contributed by atoms with Crippen LogP contribution in [-0.2, 0) is 0 Å².